The van der Waals surface area contributed by atoms with Crippen molar-refractivity contribution in [3.05, 3.63) is 33.8 Å². The first-order chi connectivity index (χ1) is 12.4. The van der Waals surface area contributed by atoms with E-state index < -0.39 is 23.8 Å². The quantitative estimate of drug-likeness (QED) is 0.753. The lowest BCUT2D eigenvalue weighted by Gasteiger charge is -2.34. The number of piperidine rings is 1. The topological polar surface area (TPSA) is 72.9 Å². The summed E-state index contributed by atoms with van der Waals surface area (Å²) < 4.78 is 43.5. The van der Waals surface area contributed by atoms with Crippen LogP contribution >= 0.6 is 11.3 Å². The SMILES string of the molecule is Cc1nnc(Cn2c(N3CCC(F)C(N)C3)nc3c(F)cc(F)cc32)s1. The highest BCUT2D eigenvalue weighted by Crippen LogP contribution is 2.29. The predicted octanol–water partition coefficient (Wildman–Crippen LogP) is 2.40. The van der Waals surface area contributed by atoms with Crippen LogP contribution in [0.3, 0.4) is 0 Å². The first kappa shape index (κ1) is 17.2. The van der Waals surface area contributed by atoms with Crippen LogP contribution in [0.25, 0.3) is 11.0 Å². The standard InChI is InChI=1S/C16H17F3N6S/c1-8-22-23-14(26-8)7-25-13-5-9(17)4-11(19)15(13)21-16(25)24-3-2-10(18)12(20)6-24/h4-5,10,12H,2-3,6-7,20H2,1H3. The highest BCUT2D eigenvalue weighted by Gasteiger charge is 2.30. The van der Waals surface area contributed by atoms with Gasteiger partial charge in [-0.25, -0.2) is 18.2 Å². The Bertz CT molecular complexity index is 955. The molecule has 10 heteroatoms. The summed E-state index contributed by atoms with van der Waals surface area (Å²) in [5, 5.41) is 9.55. The van der Waals surface area contributed by atoms with Gasteiger partial charge in [-0.1, -0.05) is 11.3 Å². The average molecular weight is 382 g/mol. The summed E-state index contributed by atoms with van der Waals surface area (Å²) in [6, 6.07) is 1.39. The Hall–Kier alpha value is -2.20. The van der Waals surface area contributed by atoms with Crippen molar-refractivity contribution in [3.8, 4) is 0 Å². The minimum absolute atomic E-state index is 0.0681. The maximum absolute atomic E-state index is 14.2. The highest BCUT2D eigenvalue weighted by atomic mass is 32.1. The van der Waals surface area contributed by atoms with Crippen LogP contribution in [-0.2, 0) is 6.54 Å². The lowest BCUT2D eigenvalue weighted by Crippen LogP contribution is -2.50. The number of halogens is 3. The van der Waals surface area contributed by atoms with Gasteiger partial charge < -0.3 is 15.2 Å². The van der Waals surface area contributed by atoms with E-state index in [1.807, 2.05) is 11.8 Å². The van der Waals surface area contributed by atoms with E-state index in [2.05, 4.69) is 15.2 Å². The van der Waals surface area contributed by atoms with Gasteiger partial charge in [0.1, 0.15) is 27.5 Å². The number of hydrogen-bond donors (Lipinski definition) is 1. The molecule has 3 heterocycles. The van der Waals surface area contributed by atoms with Crippen molar-refractivity contribution in [2.45, 2.75) is 32.1 Å². The molecule has 138 valence electrons. The predicted molar refractivity (Wildman–Crippen MR) is 93.1 cm³/mol. The Kier molecular flexibility index (Phi) is 4.31. The molecular formula is C16H17F3N6S. The number of hydrogen-bond acceptors (Lipinski definition) is 6. The molecule has 0 bridgehead atoms. The molecule has 26 heavy (non-hydrogen) atoms. The fraction of sp³-hybridized carbons (Fsp3) is 0.438. The van der Waals surface area contributed by atoms with Crippen molar-refractivity contribution in [3.63, 3.8) is 0 Å². The van der Waals surface area contributed by atoms with Crippen LogP contribution in [-0.4, -0.2) is 45.1 Å². The van der Waals surface area contributed by atoms with Crippen molar-refractivity contribution in [2.75, 3.05) is 18.0 Å². The largest absolute Gasteiger partial charge is 0.340 e. The van der Waals surface area contributed by atoms with Crippen molar-refractivity contribution >= 4 is 28.3 Å². The third kappa shape index (κ3) is 3.03. The molecule has 6 nitrogen and oxygen atoms in total. The maximum atomic E-state index is 14.2. The molecule has 2 aromatic heterocycles. The summed E-state index contributed by atoms with van der Waals surface area (Å²) in [6.45, 7) is 2.75. The van der Waals surface area contributed by atoms with Crippen LogP contribution < -0.4 is 10.6 Å². The second-order valence-corrected chi connectivity index (χ2v) is 7.65. The maximum Gasteiger partial charge on any atom is 0.207 e. The smallest absolute Gasteiger partial charge is 0.207 e. The second kappa shape index (κ2) is 6.51. The molecule has 1 aromatic carbocycles. The number of anilines is 1. The first-order valence-electron chi connectivity index (χ1n) is 8.21. The fourth-order valence-electron chi connectivity index (χ4n) is 3.21. The Morgan fingerprint density at radius 3 is 2.81 bits per heavy atom. The molecule has 1 aliphatic rings. The Morgan fingerprint density at radius 1 is 1.31 bits per heavy atom. The monoisotopic (exact) mass is 382 g/mol. The van der Waals surface area contributed by atoms with Crippen molar-refractivity contribution < 1.29 is 13.2 Å². The summed E-state index contributed by atoms with van der Waals surface area (Å²) >= 11 is 1.40. The zero-order chi connectivity index (χ0) is 18.4. The van der Waals surface area contributed by atoms with Crippen LogP contribution in [0.4, 0.5) is 19.1 Å². The number of rotatable bonds is 3. The van der Waals surface area contributed by atoms with Crippen molar-refractivity contribution in [2.24, 2.45) is 5.73 Å². The molecule has 1 fully saturated rings. The molecule has 3 aromatic rings. The van der Waals surface area contributed by atoms with E-state index in [0.717, 1.165) is 11.1 Å². The van der Waals surface area contributed by atoms with Crippen LogP contribution in [0.5, 0.6) is 0 Å². The van der Waals surface area contributed by atoms with E-state index in [9.17, 15) is 13.2 Å². The molecule has 1 saturated heterocycles. The van der Waals surface area contributed by atoms with E-state index in [1.54, 1.807) is 4.57 Å². The molecule has 0 radical (unpaired) electrons. The zero-order valence-electron chi connectivity index (χ0n) is 14.0. The zero-order valence-corrected chi connectivity index (χ0v) is 14.8. The first-order valence-corrected chi connectivity index (χ1v) is 9.03. The van der Waals surface area contributed by atoms with Crippen molar-refractivity contribution in [1.29, 1.82) is 0 Å². The molecular weight excluding hydrogens is 365 g/mol. The van der Waals surface area contributed by atoms with E-state index in [-0.39, 0.29) is 25.0 Å². The van der Waals surface area contributed by atoms with Crippen LogP contribution in [0.1, 0.15) is 16.4 Å². The second-order valence-electron chi connectivity index (χ2n) is 6.38. The molecule has 1 aliphatic heterocycles. The van der Waals surface area contributed by atoms with Gasteiger partial charge in [0.25, 0.3) is 0 Å². The average Bonchev–Trinajstić information content (AvgIpc) is 3.15. The highest BCUT2D eigenvalue weighted by molar-refractivity contribution is 7.11. The van der Waals surface area contributed by atoms with E-state index in [4.69, 9.17) is 5.73 Å². The molecule has 0 saturated carbocycles. The molecule has 2 unspecified atom stereocenters. The number of aromatic nitrogens is 4. The number of fused-ring (bicyclic) bond motifs is 1. The van der Waals surface area contributed by atoms with Gasteiger partial charge >= 0.3 is 0 Å². The summed E-state index contributed by atoms with van der Waals surface area (Å²) in [5.74, 6) is -0.992. The van der Waals surface area contributed by atoms with Gasteiger partial charge in [-0.2, -0.15) is 0 Å². The number of imidazole rings is 1. The summed E-state index contributed by atoms with van der Waals surface area (Å²) in [7, 11) is 0. The van der Waals surface area contributed by atoms with Gasteiger partial charge in [-0.15, -0.1) is 10.2 Å². The van der Waals surface area contributed by atoms with E-state index in [1.165, 1.54) is 17.4 Å². The lowest BCUT2D eigenvalue weighted by atomic mass is 10.1. The Labute approximate surface area is 151 Å². The summed E-state index contributed by atoms with van der Waals surface area (Å²) in [4.78, 5) is 6.18. The molecule has 2 N–H and O–H groups in total. The minimum Gasteiger partial charge on any atom is -0.340 e. The molecule has 4 rings (SSSR count). The van der Waals surface area contributed by atoms with Gasteiger partial charge in [0.15, 0.2) is 5.82 Å². The van der Waals surface area contributed by atoms with Crippen LogP contribution in [0, 0.1) is 18.6 Å². The lowest BCUT2D eigenvalue weighted by molar-refractivity contribution is 0.243. The van der Waals surface area contributed by atoms with E-state index in [0.29, 0.717) is 23.0 Å². The number of aryl methyl sites for hydroxylation is 1. The number of alkyl halides is 1. The Balaban J connectivity index is 1.82. The minimum atomic E-state index is -1.08. The van der Waals surface area contributed by atoms with Crippen LogP contribution in [0.2, 0.25) is 0 Å². The number of nitrogens with two attached hydrogens (primary N) is 1. The van der Waals surface area contributed by atoms with Crippen LogP contribution in [0.15, 0.2) is 12.1 Å². The summed E-state index contributed by atoms with van der Waals surface area (Å²) in [5.41, 5.74) is 6.24. The van der Waals surface area contributed by atoms with Gasteiger partial charge in [0.05, 0.1) is 18.1 Å². The fourth-order valence-corrected chi connectivity index (χ4v) is 3.90. The Morgan fingerprint density at radius 2 is 2.12 bits per heavy atom. The number of nitrogens with zero attached hydrogens (tertiary/aromatic N) is 5. The van der Waals surface area contributed by atoms with E-state index >= 15 is 0 Å². The normalized spacial score (nSPS) is 20.9. The third-order valence-electron chi connectivity index (χ3n) is 4.47. The van der Waals surface area contributed by atoms with Gasteiger partial charge in [-0.3, -0.25) is 0 Å². The third-order valence-corrected chi connectivity index (χ3v) is 5.29. The summed E-state index contributed by atoms with van der Waals surface area (Å²) in [6.07, 6.45) is -0.817. The van der Waals surface area contributed by atoms with Gasteiger partial charge in [-0.05, 0) is 13.3 Å². The number of benzene rings is 1. The molecule has 2 atom stereocenters. The van der Waals surface area contributed by atoms with Gasteiger partial charge in [0, 0.05) is 25.2 Å². The molecule has 0 spiro atoms. The molecule has 0 amide bonds. The van der Waals surface area contributed by atoms with Gasteiger partial charge in [0.2, 0.25) is 5.95 Å². The molecule has 0 aliphatic carbocycles. The van der Waals surface area contributed by atoms with Crippen molar-refractivity contribution in [1.82, 2.24) is 19.7 Å².